The lowest BCUT2D eigenvalue weighted by molar-refractivity contribution is -0.125. The lowest BCUT2D eigenvalue weighted by Crippen LogP contribution is -2.53. The summed E-state index contributed by atoms with van der Waals surface area (Å²) in [6, 6.07) is -0.103. The predicted octanol–water partition coefficient (Wildman–Crippen LogP) is 2.19. The smallest absolute Gasteiger partial charge is 0.237 e. The number of amides is 1. The zero-order valence-electron chi connectivity index (χ0n) is 13.4. The predicted molar refractivity (Wildman–Crippen MR) is 92.3 cm³/mol. The number of halogens is 2. The molecule has 4 nitrogen and oxygen atoms in total. The van der Waals surface area contributed by atoms with E-state index in [4.69, 9.17) is 5.73 Å². The Hall–Kier alpha value is -0.0300. The van der Waals surface area contributed by atoms with Crippen LogP contribution in [0.1, 0.15) is 46.5 Å². The minimum absolute atomic E-state index is 0. The van der Waals surface area contributed by atoms with Gasteiger partial charge in [-0.25, -0.2) is 0 Å². The molecule has 21 heavy (non-hydrogen) atoms. The maximum Gasteiger partial charge on any atom is 0.237 e. The summed E-state index contributed by atoms with van der Waals surface area (Å²) < 4.78 is 0. The van der Waals surface area contributed by atoms with Crippen molar-refractivity contribution < 1.29 is 4.79 Å². The maximum atomic E-state index is 12.1. The highest BCUT2D eigenvalue weighted by molar-refractivity contribution is 5.85. The molecule has 0 aromatic heterocycles. The lowest BCUT2D eigenvalue weighted by Gasteiger charge is -2.34. The first kappa shape index (κ1) is 21.0. The van der Waals surface area contributed by atoms with Gasteiger partial charge in [0.1, 0.15) is 0 Å². The third-order valence-electron chi connectivity index (χ3n) is 4.36. The van der Waals surface area contributed by atoms with Gasteiger partial charge in [-0.05, 0) is 37.0 Å². The molecule has 2 fully saturated rings. The molecule has 3 N–H and O–H groups in total. The number of nitrogens with one attached hydrogen (secondary N) is 1. The van der Waals surface area contributed by atoms with Crippen molar-refractivity contribution in [2.45, 2.75) is 58.5 Å². The van der Waals surface area contributed by atoms with Gasteiger partial charge in [0.2, 0.25) is 5.91 Å². The van der Waals surface area contributed by atoms with E-state index in [2.05, 4.69) is 10.2 Å². The quantitative estimate of drug-likeness (QED) is 0.825. The Morgan fingerprint density at radius 1 is 1.19 bits per heavy atom. The Bertz CT molecular complexity index is 321. The number of carbonyl (C=O) groups is 1. The fourth-order valence-electron chi connectivity index (χ4n) is 2.61. The molecular weight excluding hydrogens is 309 g/mol. The summed E-state index contributed by atoms with van der Waals surface area (Å²) in [7, 11) is 0. The van der Waals surface area contributed by atoms with E-state index in [1.807, 2.05) is 20.8 Å². The second kappa shape index (κ2) is 8.56. The van der Waals surface area contributed by atoms with E-state index >= 15 is 0 Å². The van der Waals surface area contributed by atoms with Crippen LogP contribution < -0.4 is 11.1 Å². The number of likely N-dealkylation sites (tertiary alicyclic amines) is 1. The standard InChI is InChI=1S/C15H29N3O.2ClH/c1-15(2,3)13(16)14(19)17-12-6-8-18(9-7-12)10-11-4-5-11;;/h11-13H,4-10,16H2,1-3H3,(H,17,19);2*1H/t13-;;/m1../s1. The summed E-state index contributed by atoms with van der Waals surface area (Å²) in [4.78, 5) is 14.6. The Morgan fingerprint density at radius 3 is 2.14 bits per heavy atom. The summed E-state index contributed by atoms with van der Waals surface area (Å²) in [5, 5.41) is 3.12. The molecule has 0 aromatic rings. The molecule has 0 bridgehead atoms. The number of nitrogens with two attached hydrogens (primary N) is 1. The van der Waals surface area contributed by atoms with Gasteiger partial charge in [0.05, 0.1) is 6.04 Å². The van der Waals surface area contributed by atoms with Crippen molar-refractivity contribution in [1.29, 1.82) is 0 Å². The zero-order valence-corrected chi connectivity index (χ0v) is 15.1. The fraction of sp³-hybridized carbons (Fsp3) is 0.933. The SMILES string of the molecule is CC(C)(C)[C@H](N)C(=O)NC1CCN(CC2CC2)CC1.Cl.Cl. The van der Waals surface area contributed by atoms with Crippen molar-refractivity contribution in [3.05, 3.63) is 0 Å². The molecule has 6 heteroatoms. The van der Waals surface area contributed by atoms with Gasteiger partial charge in [-0.1, -0.05) is 20.8 Å². The molecule has 1 heterocycles. The molecule has 1 atom stereocenters. The third-order valence-corrected chi connectivity index (χ3v) is 4.36. The average molecular weight is 340 g/mol. The van der Waals surface area contributed by atoms with Crippen LogP contribution in [0.4, 0.5) is 0 Å². The van der Waals surface area contributed by atoms with Crippen LogP contribution in [0.3, 0.4) is 0 Å². The number of rotatable bonds is 4. The summed E-state index contributed by atoms with van der Waals surface area (Å²) in [5.74, 6) is 0.966. The molecule has 1 aliphatic carbocycles. The zero-order chi connectivity index (χ0) is 14.0. The molecular formula is C15H31Cl2N3O. The van der Waals surface area contributed by atoms with Gasteiger partial charge in [0, 0.05) is 25.7 Å². The first-order valence-electron chi connectivity index (χ1n) is 7.64. The first-order chi connectivity index (χ1) is 8.86. The molecule has 0 radical (unpaired) electrons. The summed E-state index contributed by atoms with van der Waals surface area (Å²) in [6.45, 7) is 9.53. The van der Waals surface area contributed by atoms with Crippen LogP contribution in [0.25, 0.3) is 0 Å². The lowest BCUT2D eigenvalue weighted by atomic mass is 9.86. The molecule has 0 aromatic carbocycles. The molecule has 1 saturated heterocycles. The van der Waals surface area contributed by atoms with E-state index in [-0.39, 0.29) is 36.1 Å². The van der Waals surface area contributed by atoms with E-state index in [1.165, 1.54) is 19.4 Å². The van der Waals surface area contributed by atoms with Crippen molar-refractivity contribution in [3.8, 4) is 0 Å². The molecule has 0 unspecified atom stereocenters. The third kappa shape index (κ3) is 6.72. The summed E-state index contributed by atoms with van der Waals surface area (Å²) >= 11 is 0. The van der Waals surface area contributed by atoms with Crippen molar-refractivity contribution in [1.82, 2.24) is 10.2 Å². The Balaban J connectivity index is 0.00000200. The van der Waals surface area contributed by atoms with Crippen molar-refractivity contribution in [2.75, 3.05) is 19.6 Å². The fourth-order valence-corrected chi connectivity index (χ4v) is 2.61. The molecule has 2 rings (SSSR count). The van der Waals surface area contributed by atoms with Gasteiger partial charge < -0.3 is 16.0 Å². The van der Waals surface area contributed by atoms with Crippen LogP contribution in [-0.4, -0.2) is 42.5 Å². The van der Waals surface area contributed by atoms with Crippen molar-refractivity contribution in [3.63, 3.8) is 0 Å². The second-order valence-electron chi connectivity index (χ2n) is 7.37. The number of hydrogen-bond acceptors (Lipinski definition) is 3. The second-order valence-corrected chi connectivity index (χ2v) is 7.37. The average Bonchev–Trinajstić information content (AvgIpc) is 3.13. The molecule has 1 aliphatic heterocycles. The molecule has 2 aliphatic rings. The first-order valence-corrected chi connectivity index (χ1v) is 7.64. The van der Waals surface area contributed by atoms with Crippen molar-refractivity contribution >= 4 is 30.7 Å². The highest BCUT2D eigenvalue weighted by atomic mass is 35.5. The Kier molecular flexibility index (Phi) is 8.55. The van der Waals surface area contributed by atoms with Crippen LogP contribution in [0.15, 0.2) is 0 Å². The normalized spacial score (nSPS) is 21.9. The minimum atomic E-state index is -0.419. The monoisotopic (exact) mass is 339 g/mol. The number of nitrogens with zero attached hydrogens (tertiary/aromatic N) is 1. The highest BCUT2D eigenvalue weighted by Crippen LogP contribution is 2.30. The Morgan fingerprint density at radius 2 is 1.71 bits per heavy atom. The highest BCUT2D eigenvalue weighted by Gasteiger charge is 2.31. The van der Waals surface area contributed by atoms with Crippen LogP contribution >= 0.6 is 24.8 Å². The summed E-state index contributed by atoms with van der Waals surface area (Å²) in [5.41, 5.74) is 5.82. The van der Waals surface area contributed by atoms with E-state index in [9.17, 15) is 4.79 Å². The van der Waals surface area contributed by atoms with Gasteiger partial charge in [0.15, 0.2) is 0 Å². The Labute approximate surface area is 141 Å². The molecule has 0 spiro atoms. The van der Waals surface area contributed by atoms with Crippen LogP contribution in [0, 0.1) is 11.3 Å². The van der Waals surface area contributed by atoms with Crippen LogP contribution in [-0.2, 0) is 4.79 Å². The van der Waals surface area contributed by atoms with E-state index < -0.39 is 6.04 Å². The topological polar surface area (TPSA) is 58.4 Å². The summed E-state index contributed by atoms with van der Waals surface area (Å²) in [6.07, 6.45) is 4.96. The van der Waals surface area contributed by atoms with E-state index in [1.54, 1.807) is 0 Å². The van der Waals surface area contributed by atoms with Gasteiger partial charge >= 0.3 is 0 Å². The van der Waals surface area contributed by atoms with Crippen LogP contribution in [0.5, 0.6) is 0 Å². The largest absolute Gasteiger partial charge is 0.352 e. The van der Waals surface area contributed by atoms with E-state index in [0.717, 1.165) is 31.8 Å². The van der Waals surface area contributed by atoms with Crippen LogP contribution in [0.2, 0.25) is 0 Å². The van der Waals surface area contributed by atoms with Gasteiger partial charge in [-0.2, -0.15) is 0 Å². The van der Waals surface area contributed by atoms with E-state index in [0.29, 0.717) is 6.04 Å². The molecule has 126 valence electrons. The molecule has 1 amide bonds. The number of hydrogen-bond donors (Lipinski definition) is 2. The maximum absolute atomic E-state index is 12.1. The van der Waals surface area contributed by atoms with Gasteiger partial charge in [0.25, 0.3) is 0 Å². The van der Waals surface area contributed by atoms with Gasteiger partial charge in [-0.3, -0.25) is 4.79 Å². The minimum Gasteiger partial charge on any atom is -0.352 e. The molecule has 1 saturated carbocycles. The number of carbonyl (C=O) groups excluding carboxylic acids is 1. The van der Waals surface area contributed by atoms with Crippen molar-refractivity contribution in [2.24, 2.45) is 17.1 Å². The number of piperidine rings is 1. The van der Waals surface area contributed by atoms with Gasteiger partial charge in [-0.15, -0.1) is 24.8 Å².